The number of benzene rings is 1. The van der Waals surface area contributed by atoms with Crippen molar-refractivity contribution in [3.05, 3.63) is 42.0 Å². The molecule has 1 spiro atoms. The van der Waals surface area contributed by atoms with E-state index in [0.717, 1.165) is 12.0 Å². The highest BCUT2D eigenvalue weighted by molar-refractivity contribution is 5.78. The number of likely N-dealkylation sites (tertiary alicyclic amines) is 1. The molecule has 2 aliphatic rings. The summed E-state index contributed by atoms with van der Waals surface area (Å²) in [6.07, 6.45) is 6.83. The summed E-state index contributed by atoms with van der Waals surface area (Å²) >= 11 is 0. The quantitative estimate of drug-likeness (QED) is 0.848. The minimum atomic E-state index is -0.420. The number of rotatable bonds is 5. The normalized spacial score (nSPS) is 19.8. The lowest BCUT2D eigenvalue weighted by Crippen LogP contribution is -2.51. The maximum absolute atomic E-state index is 12.8. The van der Waals surface area contributed by atoms with Crippen LogP contribution in [0.5, 0.6) is 0 Å². The Balaban J connectivity index is 1.51. The van der Waals surface area contributed by atoms with Gasteiger partial charge in [0.25, 0.3) is 0 Å². The number of nitrogens with zero attached hydrogens (tertiary/aromatic N) is 2. The molecule has 2 saturated heterocycles. The van der Waals surface area contributed by atoms with Crippen molar-refractivity contribution >= 4 is 18.0 Å². The van der Waals surface area contributed by atoms with Crippen molar-refractivity contribution in [2.45, 2.75) is 38.2 Å². The topological polar surface area (TPSA) is 61.9 Å². The summed E-state index contributed by atoms with van der Waals surface area (Å²) in [7, 11) is 0. The summed E-state index contributed by atoms with van der Waals surface area (Å²) in [5.41, 5.74) is 0.711. The molecule has 3 rings (SSSR count). The van der Waals surface area contributed by atoms with E-state index in [2.05, 4.69) is 5.32 Å². The smallest absolute Gasteiger partial charge is 0.317 e. The maximum Gasteiger partial charge on any atom is 0.317 e. The third-order valence-electron chi connectivity index (χ3n) is 5.52. The minimum absolute atomic E-state index is 0.00989. The molecule has 0 bridgehead atoms. The van der Waals surface area contributed by atoms with Crippen molar-refractivity contribution in [1.29, 1.82) is 0 Å². The van der Waals surface area contributed by atoms with Gasteiger partial charge in [-0.3, -0.25) is 4.79 Å². The maximum atomic E-state index is 12.8. The number of piperidine rings is 1. The number of amides is 3. The summed E-state index contributed by atoms with van der Waals surface area (Å²) in [5.74, 6) is 0.138. The predicted octanol–water partition coefficient (Wildman–Crippen LogP) is 2.90. The molecular formula is C22H31N3O3. The largest absolute Gasteiger partial charge is 0.372 e. The van der Waals surface area contributed by atoms with Crippen LogP contribution in [0.15, 0.2) is 36.4 Å². The van der Waals surface area contributed by atoms with E-state index in [9.17, 15) is 9.59 Å². The molecule has 1 N–H and O–H groups in total. The Hall–Kier alpha value is -2.34. The molecule has 28 heavy (non-hydrogen) atoms. The molecule has 3 amide bonds. The van der Waals surface area contributed by atoms with Crippen LogP contribution in [-0.2, 0) is 9.53 Å². The summed E-state index contributed by atoms with van der Waals surface area (Å²) in [5, 5.41) is 2.92. The molecular weight excluding hydrogens is 354 g/mol. The Bertz CT molecular complexity index is 682. The van der Waals surface area contributed by atoms with Crippen LogP contribution in [0.2, 0.25) is 0 Å². The first-order valence-corrected chi connectivity index (χ1v) is 10.3. The van der Waals surface area contributed by atoms with Gasteiger partial charge in [-0.2, -0.15) is 0 Å². The Morgan fingerprint density at radius 2 is 1.96 bits per heavy atom. The van der Waals surface area contributed by atoms with Crippen LogP contribution < -0.4 is 5.32 Å². The standard InChI is InChI=1S/C22H31N3O3/c1-2-12-23-21(27)25-14-10-22(11-15-25)18-20(26)24(16-17-28-22)13-6-9-19-7-4-3-5-8-19/h3-9H,2,10-18H2,1H3,(H,23,27)/b9-6+. The SMILES string of the molecule is CCCNC(=O)N1CCC2(CC1)CC(=O)N(C/C=C/c1ccccc1)CCO2. The van der Waals surface area contributed by atoms with Crippen molar-refractivity contribution in [2.75, 3.05) is 39.3 Å². The molecule has 2 aliphatic heterocycles. The van der Waals surface area contributed by atoms with Crippen LogP contribution in [-0.4, -0.2) is 66.7 Å². The highest BCUT2D eigenvalue weighted by atomic mass is 16.5. The van der Waals surface area contributed by atoms with E-state index in [4.69, 9.17) is 4.74 Å². The Labute approximate surface area is 167 Å². The number of hydrogen-bond donors (Lipinski definition) is 1. The van der Waals surface area contributed by atoms with E-state index < -0.39 is 5.60 Å². The van der Waals surface area contributed by atoms with Gasteiger partial charge in [0.1, 0.15) is 0 Å². The zero-order valence-electron chi connectivity index (χ0n) is 16.7. The van der Waals surface area contributed by atoms with E-state index in [1.54, 1.807) is 0 Å². The first kappa shape index (κ1) is 20.4. The highest BCUT2D eigenvalue weighted by Gasteiger charge is 2.41. The third kappa shape index (κ3) is 5.35. The van der Waals surface area contributed by atoms with Gasteiger partial charge in [0, 0.05) is 32.7 Å². The lowest BCUT2D eigenvalue weighted by molar-refractivity contribution is -0.134. The fourth-order valence-corrected chi connectivity index (χ4v) is 3.79. The number of carbonyl (C=O) groups is 2. The second-order valence-corrected chi connectivity index (χ2v) is 7.58. The van der Waals surface area contributed by atoms with Gasteiger partial charge in [0.15, 0.2) is 0 Å². The van der Waals surface area contributed by atoms with Crippen LogP contribution in [0.4, 0.5) is 4.79 Å². The van der Waals surface area contributed by atoms with Crippen molar-refractivity contribution in [3.8, 4) is 0 Å². The zero-order valence-corrected chi connectivity index (χ0v) is 16.7. The first-order valence-electron chi connectivity index (χ1n) is 10.3. The van der Waals surface area contributed by atoms with Crippen LogP contribution in [0, 0.1) is 0 Å². The van der Waals surface area contributed by atoms with Gasteiger partial charge in [0.2, 0.25) is 5.91 Å². The summed E-state index contributed by atoms with van der Waals surface area (Å²) in [6.45, 7) is 5.76. The van der Waals surface area contributed by atoms with Gasteiger partial charge in [-0.05, 0) is 24.8 Å². The molecule has 6 nitrogen and oxygen atoms in total. The average Bonchev–Trinajstić information content (AvgIpc) is 2.86. The van der Waals surface area contributed by atoms with Gasteiger partial charge in [-0.25, -0.2) is 4.79 Å². The molecule has 1 aromatic carbocycles. The summed E-state index contributed by atoms with van der Waals surface area (Å²) in [4.78, 5) is 28.6. The molecule has 0 aromatic heterocycles. The Morgan fingerprint density at radius 1 is 1.21 bits per heavy atom. The van der Waals surface area contributed by atoms with Crippen LogP contribution in [0.25, 0.3) is 6.08 Å². The Morgan fingerprint density at radius 3 is 2.68 bits per heavy atom. The molecule has 1 aromatic rings. The molecule has 0 unspecified atom stereocenters. The molecule has 152 valence electrons. The lowest BCUT2D eigenvalue weighted by Gasteiger charge is -2.40. The van der Waals surface area contributed by atoms with Gasteiger partial charge in [-0.1, -0.05) is 49.4 Å². The van der Waals surface area contributed by atoms with Crippen LogP contribution >= 0.6 is 0 Å². The number of carbonyl (C=O) groups excluding carboxylic acids is 2. The van der Waals surface area contributed by atoms with Crippen molar-refractivity contribution in [3.63, 3.8) is 0 Å². The van der Waals surface area contributed by atoms with Gasteiger partial charge < -0.3 is 19.9 Å². The first-order chi connectivity index (χ1) is 13.6. The van der Waals surface area contributed by atoms with Crippen molar-refractivity contribution < 1.29 is 14.3 Å². The highest BCUT2D eigenvalue weighted by Crippen LogP contribution is 2.32. The zero-order chi connectivity index (χ0) is 19.8. The number of ether oxygens (including phenoxy) is 1. The number of nitrogens with one attached hydrogen (secondary N) is 1. The van der Waals surface area contributed by atoms with Gasteiger partial charge in [-0.15, -0.1) is 0 Å². The molecule has 0 aliphatic carbocycles. The summed E-state index contributed by atoms with van der Waals surface area (Å²) < 4.78 is 6.16. The summed E-state index contributed by atoms with van der Waals surface area (Å²) in [6, 6.07) is 10.1. The molecule has 2 heterocycles. The molecule has 0 saturated carbocycles. The molecule has 6 heteroatoms. The van der Waals surface area contributed by atoms with Gasteiger partial charge >= 0.3 is 6.03 Å². The van der Waals surface area contributed by atoms with E-state index in [0.29, 0.717) is 58.6 Å². The predicted molar refractivity (Wildman–Crippen MR) is 110 cm³/mol. The van der Waals surface area contributed by atoms with E-state index in [-0.39, 0.29) is 11.9 Å². The third-order valence-corrected chi connectivity index (χ3v) is 5.52. The fraction of sp³-hybridized carbons (Fsp3) is 0.545. The van der Waals surface area contributed by atoms with Crippen molar-refractivity contribution in [1.82, 2.24) is 15.1 Å². The Kier molecular flexibility index (Phi) is 7.09. The molecule has 0 radical (unpaired) electrons. The number of urea groups is 1. The second-order valence-electron chi connectivity index (χ2n) is 7.58. The average molecular weight is 386 g/mol. The second kappa shape index (κ2) is 9.73. The molecule has 0 atom stereocenters. The van der Waals surface area contributed by atoms with Crippen LogP contribution in [0.3, 0.4) is 0 Å². The van der Waals surface area contributed by atoms with E-state index in [1.165, 1.54) is 0 Å². The number of hydrogen-bond acceptors (Lipinski definition) is 3. The fourth-order valence-electron chi connectivity index (χ4n) is 3.79. The van der Waals surface area contributed by atoms with Crippen molar-refractivity contribution in [2.24, 2.45) is 0 Å². The monoisotopic (exact) mass is 385 g/mol. The lowest BCUT2D eigenvalue weighted by atomic mass is 9.87. The molecule has 2 fully saturated rings. The minimum Gasteiger partial charge on any atom is -0.372 e. The van der Waals surface area contributed by atoms with Crippen LogP contribution in [0.1, 0.15) is 38.2 Å². The van der Waals surface area contributed by atoms with E-state index >= 15 is 0 Å². The van der Waals surface area contributed by atoms with E-state index in [1.807, 2.05) is 59.2 Å². The van der Waals surface area contributed by atoms with Gasteiger partial charge in [0.05, 0.1) is 18.6 Å².